The molecule has 0 saturated carbocycles. The Labute approximate surface area is 173 Å². The van der Waals surface area contributed by atoms with E-state index in [-0.39, 0.29) is 30.4 Å². The molecule has 2 fully saturated rings. The van der Waals surface area contributed by atoms with Crippen LogP contribution in [0, 0.1) is 5.82 Å². The normalized spacial score (nSPS) is 21.2. The van der Waals surface area contributed by atoms with Crippen LogP contribution in [0.3, 0.4) is 0 Å². The molecule has 2 atom stereocenters. The summed E-state index contributed by atoms with van der Waals surface area (Å²) in [4.78, 5) is 28.7. The number of sulfone groups is 1. The highest BCUT2D eigenvalue weighted by Crippen LogP contribution is 2.29. The Morgan fingerprint density at radius 1 is 1.33 bits per heavy atom. The van der Waals surface area contributed by atoms with E-state index >= 15 is 0 Å². The number of amides is 2. The molecule has 3 rings (SSSR count). The predicted molar refractivity (Wildman–Crippen MR) is 106 cm³/mol. The summed E-state index contributed by atoms with van der Waals surface area (Å²) >= 11 is 0. The van der Waals surface area contributed by atoms with Gasteiger partial charge in [-0.3, -0.25) is 9.69 Å². The van der Waals surface area contributed by atoms with Gasteiger partial charge in [-0.2, -0.15) is 0 Å². The van der Waals surface area contributed by atoms with Crippen molar-refractivity contribution in [3.05, 3.63) is 24.0 Å². The van der Waals surface area contributed by atoms with Crippen molar-refractivity contribution in [1.29, 1.82) is 0 Å². The molecular weight excluding hydrogens is 421 g/mol. The van der Waals surface area contributed by atoms with Gasteiger partial charge in [0.1, 0.15) is 5.82 Å². The number of hydrogen-bond donors (Lipinski definition) is 1. The zero-order chi connectivity index (χ0) is 22.1. The van der Waals surface area contributed by atoms with Crippen molar-refractivity contribution in [3.8, 4) is 0 Å². The third kappa shape index (κ3) is 4.65. The number of piperazine rings is 1. The smallest absolute Gasteiger partial charge is 0.414 e. The highest BCUT2D eigenvalue weighted by molar-refractivity contribution is 7.91. The Hall–Kier alpha value is -2.44. The van der Waals surface area contributed by atoms with Crippen LogP contribution in [0.2, 0.25) is 0 Å². The van der Waals surface area contributed by atoms with Crippen molar-refractivity contribution >= 4 is 33.2 Å². The maximum atomic E-state index is 14.8. The number of anilines is 2. The average molecular weight is 445 g/mol. The van der Waals surface area contributed by atoms with Crippen molar-refractivity contribution in [2.45, 2.75) is 11.5 Å². The van der Waals surface area contributed by atoms with Gasteiger partial charge in [-0.25, -0.2) is 17.6 Å². The fraction of sp³-hybridized carbons (Fsp3) is 0.556. The molecule has 1 aromatic rings. The van der Waals surface area contributed by atoms with Gasteiger partial charge in [-0.15, -0.1) is 0 Å². The lowest BCUT2D eigenvalue weighted by Crippen LogP contribution is -2.51. The predicted octanol–water partition coefficient (Wildman–Crippen LogP) is -0.191. The molecule has 2 aliphatic heterocycles. The third-order valence-electron chi connectivity index (χ3n) is 5.06. The second-order valence-electron chi connectivity index (χ2n) is 7.18. The molecular formula is C18H24FN3O7S. The van der Waals surface area contributed by atoms with E-state index in [4.69, 9.17) is 9.47 Å². The maximum absolute atomic E-state index is 14.8. The lowest BCUT2D eigenvalue weighted by atomic mass is 10.2. The van der Waals surface area contributed by atoms with Crippen LogP contribution in [0.25, 0.3) is 0 Å². The molecule has 0 aliphatic carbocycles. The first kappa shape index (κ1) is 22.2. The molecule has 2 heterocycles. The standard InChI is InChI=1S/C18H24FN3O7S/c1-28-8-7-20-5-6-21(11-16(20)23)14-4-3-12(9-13(14)19)22-10-15(29-18(22)25)17(24)30(2,26)27/h3-4,9,15,17,24H,5-8,10-11H2,1-2H3/t15-,17?/m1/s1. The van der Waals surface area contributed by atoms with Crippen LogP contribution < -0.4 is 9.80 Å². The van der Waals surface area contributed by atoms with Gasteiger partial charge in [0, 0.05) is 33.0 Å². The zero-order valence-corrected chi connectivity index (χ0v) is 17.5. The number of carbonyl (C=O) groups excluding carboxylic acids is 2. The van der Waals surface area contributed by atoms with Gasteiger partial charge in [-0.1, -0.05) is 0 Å². The molecule has 2 saturated heterocycles. The first-order chi connectivity index (χ1) is 14.1. The summed E-state index contributed by atoms with van der Waals surface area (Å²) < 4.78 is 47.7. The van der Waals surface area contributed by atoms with E-state index in [1.165, 1.54) is 12.1 Å². The summed E-state index contributed by atoms with van der Waals surface area (Å²) in [5.41, 5.74) is -1.48. The Morgan fingerprint density at radius 3 is 2.67 bits per heavy atom. The molecule has 0 radical (unpaired) electrons. The third-order valence-corrected chi connectivity index (χ3v) is 6.24. The molecule has 0 bridgehead atoms. The molecule has 1 unspecified atom stereocenters. The second kappa shape index (κ2) is 8.74. The van der Waals surface area contributed by atoms with E-state index < -0.39 is 33.3 Å². The molecule has 0 spiro atoms. The molecule has 166 valence electrons. The molecule has 2 aliphatic rings. The van der Waals surface area contributed by atoms with Gasteiger partial charge in [0.25, 0.3) is 0 Å². The van der Waals surface area contributed by atoms with Crippen LogP contribution in [-0.2, 0) is 24.1 Å². The first-order valence-electron chi connectivity index (χ1n) is 9.28. The van der Waals surface area contributed by atoms with Gasteiger partial charge < -0.3 is 24.4 Å². The zero-order valence-electron chi connectivity index (χ0n) is 16.7. The van der Waals surface area contributed by atoms with E-state index in [1.807, 2.05) is 0 Å². The largest absolute Gasteiger partial charge is 0.440 e. The minimum atomic E-state index is -3.83. The molecule has 30 heavy (non-hydrogen) atoms. The van der Waals surface area contributed by atoms with Crippen LogP contribution >= 0.6 is 0 Å². The Bertz CT molecular complexity index is 926. The summed E-state index contributed by atoms with van der Waals surface area (Å²) in [7, 11) is -2.28. The number of halogens is 1. The summed E-state index contributed by atoms with van der Waals surface area (Å²) in [6.07, 6.45) is -1.32. The number of hydrogen-bond acceptors (Lipinski definition) is 8. The number of ether oxygens (including phenoxy) is 2. The van der Waals surface area contributed by atoms with E-state index in [2.05, 4.69) is 0 Å². The number of cyclic esters (lactones) is 1. The highest BCUT2D eigenvalue weighted by Gasteiger charge is 2.41. The lowest BCUT2D eigenvalue weighted by Gasteiger charge is -2.35. The molecule has 1 N–H and O–H groups in total. The monoisotopic (exact) mass is 445 g/mol. The number of aliphatic hydroxyl groups is 1. The van der Waals surface area contributed by atoms with Crippen LogP contribution in [0.1, 0.15) is 0 Å². The molecule has 10 nitrogen and oxygen atoms in total. The van der Waals surface area contributed by atoms with Crippen LogP contribution in [0.4, 0.5) is 20.6 Å². The summed E-state index contributed by atoms with van der Waals surface area (Å²) in [6.45, 7) is 1.57. The summed E-state index contributed by atoms with van der Waals surface area (Å²) in [5.74, 6) is -0.770. The molecule has 2 amide bonds. The van der Waals surface area contributed by atoms with E-state index in [0.717, 1.165) is 17.2 Å². The number of nitrogens with zero attached hydrogens (tertiary/aromatic N) is 3. The highest BCUT2D eigenvalue weighted by atomic mass is 32.2. The second-order valence-corrected chi connectivity index (χ2v) is 9.33. The topological polar surface area (TPSA) is 117 Å². The van der Waals surface area contributed by atoms with Crippen molar-refractivity contribution in [3.63, 3.8) is 0 Å². The number of benzene rings is 1. The van der Waals surface area contributed by atoms with Crippen molar-refractivity contribution < 1.29 is 37.0 Å². The van der Waals surface area contributed by atoms with Gasteiger partial charge in [0.2, 0.25) is 5.91 Å². The Balaban J connectivity index is 1.70. The van der Waals surface area contributed by atoms with Gasteiger partial charge >= 0.3 is 6.09 Å². The molecule has 12 heteroatoms. The van der Waals surface area contributed by atoms with Gasteiger partial charge in [0.15, 0.2) is 21.4 Å². The van der Waals surface area contributed by atoms with Crippen molar-refractivity contribution in [1.82, 2.24) is 4.90 Å². The minimum absolute atomic E-state index is 0.0222. The maximum Gasteiger partial charge on any atom is 0.414 e. The Morgan fingerprint density at radius 2 is 2.07 bits per heavy atom. The quantitative estimate of drug-likeness (QED) is 0.614. The summed E-state index contributed by atoms with van der Waals surface area (Å²) in [5, 5.41) is 9.82. The minimum Gasteiger partial charge on any atom is -0.440 e. The number of carbonyl (C=O) groups is 2. The van der Waals surface area contributed by atoms with Crippen molar-refractivity contribution in [2.24, 2.45) is 0 Å². The fourth-order valence-electron chi connectivity index (χ4n) is 3.39. The molecule has 0 aromatic heterocycles. The van der Waals surface area contributed by atoms with Gasteiger partial charge in [0.05, 0.1) is 31.1 Å². The Kier molecular flexibility index (Phi) is 6.48. The number of rotatable bonds is 7. The van der Waals surface area contributed by atoms with E-state index in [0.29, 0.717) is 26.2 Å². The average Bonchev–Trinajstić information content (AvgIpc) is 3.07. The van der Waals surface area contributed by atoms with Gasteiger partial charge in [-0.05, 0) is 18.2 Å². The van der Waals surface area contributed by atoms with E-state index in [9.17, 15) is 27.5 Å². The molecule has 1 aromatic carbocycles. The number of methoxy groups -OCH3 is 1. The van der Waals surface area contributed by atoms with Crippen LogP contribution in [-0.4, -0.2) is 94.7 Å². The van der Waals surface area contributed by atoms with E-state index in [1.54, 1.807) is 16.9 Å². The lowest BCUT2D eigenvalue weighted by molar-refractivity contribution is -0.131. The first-order valence-corrected chi connectivity index (χ1v) is 11.2. The fourth-order valence-corrected chi connectivity index (χ4v) is 4.09. The van der Waals surface area contributed by atoms with Crippen LogP contribution in [0.5, 0.6) is 0 Å². The SMILES string of the molecule is COCCN1CCN(c2ccc(N3C[C@H](C(O)S(C)(=O)=O)OC3=O)cc2F)CC1=O. The van der Waals surface area contributed by atoms with Crippen molar-refractivity contribution in [2.75, 3.05) is 62.5 Å². The summed E-state index contributed by atoms with van der Waals surface area (Å²) in [6, 6.07) is 4.06. The number of aliphatic hydroxyl groups excluding tert-OH is 1. The van der Waals surface area contributed by atoms with Crippen LogP contribution in [0.15, 0.2) is 18.2 Å².